The minimum absolute atomic E-state index is 0.194. The zero-order chi connectivity index (χ0) is 19.0. The predicted octanol–water partition coefficient (Wildman–Crippen LogP) is 0.924. The van der Waals surface area contributed by atoms with Gasteiger partial charge in [0.25, 0.3) is 0 Å². The van der Waals surface area contributed by atoms with E-state index in [4.69, 9.17) is 44.5 Å². The summed E-state index contributed by atoms with van der Waals surface area (Å²) in [6.07, 6.45) is 1.30. The average molecular weight is 401 g/mol. The molecule has 0 aromatic carbocycles. The van der Waals surface area contributed by atoms with E-state index in [9.17, 15) is 0 Å². The van der Waals surface area contributed by atoms with Gasteiger partial charge in [-0.05, 0) is 25.1 Å². The normalized spacial score (nSPS) is 15.2. The van der Waals surface area contributed by atoms with E-state index in [1.807, 2.05) is 18.7 Å². The van der Waals surface area contributed by atoms with Gasteiger partial charge in [-0.25, -0.2) is 0 Å². The first kappa shape index (κ1) is 23.9. The van der Waals surface area contributed by atoms with Gasteiger partial charge in [-0.15, -0.1) is 0 Å². The lowest BCUT2D eigenvalue weighted by Crippen LogP contribution is -2.71. The molecule has 144 valence electrons. The molecule has 8 nitrogen and oxygen atoms in total. The summed E-state index contributed by atoms with van der Waals surface area (Å²) in [4.78, 5) is 1.85. The molecule has 0 saturated heterocycles. The Hall–Kier alpha value is -0.116. The second-order valence-corrected chi connectivity index (χ2v) is 11.6. The monoisotopic (exact) mass is 400 g/mol. The molecule has 0 heterocycles. The summed E-state index contributed by atoms with van der Waals surface area (Å²) < 4.78 is 34.0. The van der Waals surface area contributed by atoms with Crippen molar-refractivity contribution in [3.63, 3.8) is 0 Å². The third kappa shape index (κ3) is 4.53. The van der Waals surface area contributed by atoms with Crippen LogP contribution in [-0.4, -0.2) is 81.6 Å². The van der Waals surface area contributed by atoms with Gasteiger partial charge in [0, 0.05) is 42.7 Å². The van der Waals surface area contributed by atoms with Crippen LogP contribution >= 0.6 is 12.2 Å². The summed E-state index contributed by atoms with van der Waals surface area (Å²) in [6, 6.07) is 0. The molecule has 0 aromatic rings. The molecule has 0 radical (unpaired) electrons. The fraction of sp³-hybridized carbons (Fsp3) is 0.923. The number of thiocarbonyl (C=S) groups is 1. The topological polar surface area (TPSA) is 84.6 Å². The Morgan fingerprint density at radius 2 is 1.04 bits per heavy atom. The molecular weight excluding hydrogens is 368 g/mol. The van der Waals surface area contributed by atoms with Crippen molar-refractivity contribution < 1.29 is 26.6 Å². The summed E-state index contributed by atoms with van der Waals surface area (Å²) in [7, 11) is 3.27. The molecule has 24 heavy (non-hydrogen) atoms. The van der Waals surface area contributed by atoms with E-state index in [2.05, 4.69) is 0 Å². The smallest absolute Gasteiger partial charge is 0.376 e. The van der Waals surface area contributed by atoms with Gasteiger partial charge in [-0.3, -0.25) is 0 Å². The van der Waals surface area contributed by atoms with Crippen LogP contribution in [0.5, 0.6) is 0 Å². The first-order valence-corrected chi connectivity index (χ1v) is 11.7. The number of rotatable bonds is 12. The number of nitrogens with zero attached hydrogens (tertiary/aromatic N) is 1. The van der Waals surface area contributed by atoms with E-state index in [0.29, 0.717) is 12.8 Å². The maximum atomic E-state index is 6.08. The van der Waals surface area contributed by atoms with Crippen molar-refractivity contribution >= 4 is 34.9 Å². The van der Waals surface area contributed by atoms with Gasteiger partial charge >= 0.3 is 17.6 Å². The van der Waals surface area contributed by atoms with Crippen molar-refractivity contribution in [3.05, 3.63) is 0 Å². The van der Waals surface area contributed by atoms with Crippen LogP contribution in [0.3, 0.4) is 0 Å². The van der Waals surface area contributed by atoms with Gasteiger partial charge in [-0.1, -0.05) is 13.8 Å². The highest BCUT2D eigenvalue weighted by Gasteiger charge is 2.58. The Balaban J connectivity index is 6.18. The average Bonchev–Trinajstić information content (AvgIpc) is 2.61. The number of nitrogens with two attached hydrogens (primary N) is 1. The summed E-state index contributed by atoms with van der Waals surface area (Å²) in [5, 5.41) is 0.194. The van der Waals surface area contributed by atoms with E-state index in [1.54, 1.807) is 42.7 Å². The van der Waals surface area contributed by atoms with Crippen LogP contribution in [-0.2, 0) is 26.6 Å². The Bertz CT molecular complexity index is 341. The Kier molecular flexibility index (Phi) is 10.7. The van der Waals surface area contributed by atoms with Gasteiger partial charge < -0.3 is 37.2 Å². The molecular formula is C13H32N2O6SSi2. The standard InChI is InChI=1S/C13H32N2O6SSi2/c1-9-11(23(16-3,17-4)18-5)15(13(14)22)12(10-2)24(19-6,20-7)21-8/h11-12H,9-10H2,1-8H3,(H2,14,22). The second-order valence-electron chi connectivity index (χ2n) is 5.03. The van der Waals surface area contributed by atoms with Crippen molar-refractivity contribution in [2.45, 2.75) is 38.0 Å². The number of hydrogen-bond acceptors (Lipinski definition) is 7. The van der Waals surface area contributed by atoms with Crippen LogP contribution in [0.2, 0.25) is 0 Å². The second kappa shape index (κ2) is 10.8. The SMILES string of the molecule is CCC(N(C(N)=S)C(CC)[Si](OC)(OC)OC)[Si](OC)(OC)OC. The van der Waals surface area contributed by atoms with Crippen LogP contribution in [0.1, 0.15) is 26.7 Å². The molecule has 2 atom stereocenters. The minimum Gasteiger partial charge on any atom is -0.376 e. The van der Waals surface area contributed by atoms with Gasteiger partial charge in [0.1, 0.15) is 11.3 Å². The lowest BCUT2D eigenvalue weighted by Gasteiger charge is -2.46. The van der Waals surface area contributed by atoms with E-state index in [-0.39, 0.29) is 16.4 Å². The molecule has 0 fully saturated rings. The first-order chi connectivity index (χ1) is 11.3. The quantitative estimate of drug-likeness (QED) is 0.380. The van der Waals surface area contributed by atoms with Crippen LogP contribution < -0.4 is 5.73 Å². The van der Waals surface area contributed by atoms with E-state index >= 15 is 0 Å². The van der Waals surface area contributed by atoms with Crippen molar-refractivity contribution in [2.24, 2.45) is 5.73 Å². The predicted molar refractivity (Wildman–Crippen MR) is 100 cm³/mol. The third-order valence-electron chi connectivity index (χ3n) is 4.22. The summed E-state index contributed by atoms with van der Waals surface area (Å²) in [5.41, 5.74) is 5.48. The van der Waals surface area contributed by atoms with Gasteiger partial charge in [0.15, 0.2) is 5.11 Å². The van der Waals surface area contributed by atoms with E-state index in [0.717, 1.165) is 0 Å². The highest BCUT2D eigenvalue weighted by atomic mass is 32.1. The molecule has 0 bridgehead atoms. The summed E-state index contributed by atoms with van der Waals surface area (Å²) >= 11 is 5.34. The van der Waals surface area contributed by atoms with Crippen LogP contribution in [0.25, 0.3) is 0 Å². The first-order valence-electron chi connectivity index (χ1n) is 7.72. The van der Waals surface area contributed by atoms with Gasteiger partial charge in [-0.2, -0.15) is 0 Å². The maximum Gasteiger partial charge on any atom is 0.523 e. The molecule has 0 rings (SSSR count). The van der Waals surface area contributed by atoms with Crippen molar-refractivity contribution in [1.82, 2.24) is 4.90 Å². The zero-order valence-corrected chi connectivity index (χ0v) is 18.8. The Morgan fingerprint density at radius 1 is 0.792 bits per heavy atom. The molecule has 0 aliphatic heterocycles. The molecule has 0 amide bonds. The van der Waals surface area contributed by atoms with Crippen molar-refractivity contribution in [1.29, 1.82) is 0 Å². The van der Waals surface area contributed by atoms with Crippen molar-refractivity contribution in [2.75, 3.05) is 42.7 Å². The van der Waals surface area contributed by atoms with Crippen molar-refractivity contribution in [3.8, 4) is 0 Å². The van der Waals surface area contributed by atoms with Gasteiger partial charge in [0.05, 0.1) is 0 Å². The molecule has 2 N–H and O–H groups in total. The molecule has 11 heteroatoms. The Labute approximate surface area is 153 Å². The maximum absolute atomic E-state index is 6.08. The Morgan fingerprint density at radius 3 is 1.17 bits per heavy atom. The van der Waals surface area contributed by atoms with Crippen LogP contribution in [0.4, 0.5) is 0 Å². The fourth-order valence-corrected chi connectivity index (χ4v) is 8.62. The minimum atomic E-state index is -3.05. The summed E-state index contributed by atoms with van der Waals surface area (Å²) in [6.45, 7) is 3.99. The highest BCUT2D eigenvalue weighted by Crippen LogP contribution is 2.29. The van der Waals surface area contributed by atoms with E-state index < -0.39 is 17.6 Å². The largest absolute Gasteiger partial charge is 0.523 e. The number of hydrogen-bond donors (Lipinski definition) is 1. The highest BCUT2D eigenvalue weighted by molar-refractivity contribution is 7.80. The van der Waals surface area contributed by atoms with Gasteiger partial charge in [0.2, 0.25) is 0 Å². The molecule has 0 spiro atoms. The van der Waals surface area contributed by atoms with Crippen LogP contribution in [0.15, 0.2) is 0 Å². The molecule has 0 aliphatic carbocycles. The molecule has 0 aliphatic rings. The lowest BCUT2D eigenvalue weighted by atomic mass is 10.3. The van der Waals surface area contributed by atoms with Crippen LogP contribution in [0, 0.1) is 0 Å². The molecule has 2 unspecified atom stereocenters. The third-order valence-corrected chi connectivity index (χ3v) is 10.9. The lowest BCUT2D eigenvalue weighted by molar-refractivity contribution is 0.0601. The molecule has 0 aromatic heterocycles. The zero-order valence-electron chi connectivity index (χ0n) is 16.0. The molecule has 0 saturated carbocycles. The fourth-order valence-electron chi connectivity index (χ4n) is 3.07. The van der Waals surface area contributed by atoms with E-state index in [1.165, 1.54) is 0 Å². The summed E-state index contributed by atoms with van der Waals surface area (Å²) in [5.74, 6) is 0.